The van der Waals surface area contributed by atoms with Crippen molar-refractivity contribution >= 4 is 11.3 Å². The lowest BCUT2D eigenvalue weighted by atomic mass is 10.1. The van der Waals surface area contributed by atoms with Gasteiger partial charge in [-0.15, -0.1) is 11.3 Å². The number of rotatable bonds is 3. The van der Waals surface area contributed by atoms with Crippen LogP contribution in [0.15, 0.2) is 30.5 Å². The van der Waals surface area contributed by atoms with Crippen LogP contribution in [0.3, 0.4) is 0 Å². The molecular formula is C11H12N2OS. The highest BCUT2D eigenvalue weighted by Crippen LogP contribution is 2.17. The van der Waals surface area contributed by atoms with Gasteiger partial charge in [-0.3, -0.25) is 0 Å². The van der Waals surface area contributed by atoms with Crippen molar-refractivity contribution in [1.29, 1.82) is 0 Å². The second-order valence-corrected chi connectivity index (χ2v) is 4.47. The van der Waals surface area contributed by atoms with Gasteiger partial charge in [0.2, 0.25) is 0 Å². The Labute approximate surface area is 92.2 Å². The first-order valence-electron chi connectivity index (χ1n) is 4.69. The van der Waals surface area contributed by atoms with E-state index in [1.165, 1.54) is 0 Å². The minimum absolute atomic E-state index is 0.292. The normalized spacial score (nSPS) is 10.5. The molecule has 0 aliphatic rings. The molecule has 3 N–H and O–H groups in total. The van der Waals surface area contributed by atoms with E-state index in [0.717, 1.165) is 21.9 Å². The molecule has 3 nitrogen and oxygen atoms in total. The van der Waals surface area contributed by atoms with Gasteiger partial charge >= 0.3 is 0 Å². The topological polar surface area (TPSA) is 59.1 Å². The first-order valence-corrected chi connectivity index (χ1v) is 5.51. The second kappa shape index (κ2) is 4.42. The summed E-state index contributed by atoms with van der Waals surface area (Å²) in [5.41, 5.74) is 6.66. The number of aromatic hydroxyl groups is 1. The summed E-state index contributed by atoms with van der Waals surface area (Å²) in [6.45, 7) is 0.549. The summed E-state index contributed by atoms with van der Waals surface area (Å²) in [6.07, 6.45) is 2.62. The van der Waals surface area contributed by atoms with Gasteiger partial charge in [-0.05, 0) is 17.7 Å². The average molecular weight is 220 g/mol. The van der Waals surface area contributed by atoms with Gasteiger partial charge in [0, 0.05) is 24.0 Å². The minimum atomic E-state index is 0.292. The Morgan fingerprint density at radius 3 is 2.60 bits per heavy atom. The van der Waals surface area contributed by atoms with Crippen molar-refractivity contribution in [3.63, 3.8) is 0 Å². The number of thiazole rings is 1. The Balaban J connectivity index is 2.11. The van der Waals surface area contributed by atoms with Crippen LogP contribution in [0.1, 0.15) is 15.4 Å². The highest BCUT2D eigenvalue weighted by molar-refractivity contribution is 7.11. The maximum Gasteiger partial charge on any atom is 0.115 e. The number of phenolic OH excluding ortho intramolecular Hbond substituents is 1. The third-order valence-corrected chi connectivity index (χ3v) is 3.11. The fourth-order valence-electron chi connectivity index (χ4n) is 1.31. The number of hydrogen-bond donors (Lipinski definition) is 2. The molecule has 1 aromatic heterocycles. The smallest absolute Gasteiger partial charge is 0.115 e. The van der Waals surface area contributed by atoms with E-state index < -0.39 is 0 Å². The highest BCUT2D eigenvalue weighted by atomic mass is 32.1. The monoisotopic (exact) mass is 220 g/mol. The zero-order valence-corrected chi connectivity index (χ0v) is 9.00. The van der Waals surface area contributed by atoms with Crippen LogP contribution in [0.4, 0.5) is 0 Å². The molecule has 0 amide bonds. The van der Waals surface area contributed by atoms with Crippen LogP contribution in [0.5, 0.6) is 5.75 Å². The number of phenols is 1. The van der Waals surface area contributed by atoms with Crippen LogP contribution in [0, 0.1) is 0 Å². The molecule has 0 saturated heterocycles. The third kappa shape index (κ3) is 2.55. The first kappa shape index (κ1) is 10.1. The molecular weight excluding hydrogens is 208 g/mol. The number of hydrogen-bond acceptors (Lipinski definition) is 4. The largest absolute Gasteiger partial charge is 0.508 e. The molecule has 0 aliphatic carbocycles. The SMILES string of the molecule is NCc1cnc(Cc2ccc(O)cc2)s1. The van der Waals surface area contributed by atoms with E-state index in [2.05, 4.69) is 4.98 Å². The molecule has 2 aromatic rings. The molecule has 1 aromatic carbocycles. The lowest BCUT2D eigenvalue weighted by Gasteiger charge is -1.97. The van der Waals surface area contributed by atoms with Crippen LogP contribution in [0.25, 0.3) is 0 Å². The number of aromatic nitrogens is 1. The van der Waals surface area contributed by atoms with E-state index in [1.54, 1.807) is 23.5 Å². The third-order valence-electron chi connectivity index (χ3n) is 2.09. The Hall–Kier alpha value is -1.39. The Morgan fingerprint density at radius 1 is 1.27 bits per heavy atom. The molecule has 0 unspecified atom stereocenters. The Kier molecular flexibility index (Phi) is 2.99. The lowest BCUT2D eigenvalue weighted by Crippen LogP contribution is -1.91. The van der Waals surface area contributed by atoms with Crippen LogP contribution in [0.2, 0.25) is 0 Å². The van der Waals surface area contributed by atoms with E-state index in [0.29, 0.717) is 12.3 Å². The maximum atomic E-state index is 9.14. The molecule has 4 heteroatoms. The second-order valence-electron chi connectivity index (χ2n) is 3.27. The van der Waals surface area contributed by atoms with Gasteiger partial charge in [-0.1, -0.05) is 12.1 Å². The van der Waals surface area contributed by atoms with Crippen LogP contribution in [-0.2, 0) is 13.0 Å². The van der Waals surface area contributed by atoms with Gasteiger partial charge in [-0.25, -0.2) is 4.98 Å². The van der Waals surface area contributed by atoms with Gasteiger partial charge < -0.3 is 10.8 Å². The minimum Gasteiger partial charge on any atom is -0.508 e. The van der Waals surface area contributed by atoms with Crippen molar-refractivity contribution in [2.75, 3.05) is 0 Å². The molecule has 0 aliphatic heterocycles. The Morgan fingerprint density at radius 2 is 2.00 bits per heavy atom. The van der Waals surface area contributed by atoms with Crippen molar-refractivity contribution in [2.24, 2.45) is 5.73 Å². The summed E-state index contributed by atoms with van der Waals surface area (Å²) in [5.74, 6) is 0.292. The van der Waals surface area contributed by atoms with Gasteiger partial charge in [0.05, 0.1) is 5.01 Å². The fraction of sp³-hybridized carbons (Fsp3) is 0.182. The lowest BCUT2D eigenvalue weighted by molar-refractivity contribution is 0.475. The van der Waals surface area contributed by atoms with Gasteiger partial charge in [-0.2, -0.15) is 0 Å². The molecule has 0 bridgehead atoms. The van der Waals surface area contributed by atoms with Crippen molar-refractivity contribution in [1.82, 2.24) is 4.98 Å². The molecule has 0 atom stereocenters. The number of benzene rings is 1. The summed E-state index contributed by atoms with van der Waals surface area (Å²) in [5, 5.41) is 10.2. The maximum absolute atomic E-state index is 9.14. The first-order chi connectivity index (χ1) is 7.28. The molecule has 1 heterocycles. The molecule has 2 rings (SSSR count). The molecule has 0 radical (unpaired) electrons. The number of nitrogens with two attached hydrogens (primary N) is 1. The van der Waals surface area contributed by atoms with Crippen LogP contribution in [-0.4, -0.2) is 10.1 Å². The van der Waals surface area contributed by atoms with Crippen molar-refractivity contribution in [3.8, 4) is 5.75 Å². The molecule has 15 heavy (non-hydrogen) atoms. The fourth-order valence-corrected chi connectivity index (χ4v) is 2.15. The van der Waals surface area contributed by atoms with Crippen molar-refractivity contribution < 1.29 is 5.11 Å². The van der Waals surface area contributed by atoms with Crippen LogP contribution < -0.4 is 5.73 Å². The van der Waals surface area contributed by atoms with E-state index >= 15 is 0 Å². The predicted octanol–water partition coefficient (Wildman–Crippen LogP) is 1.90. The van der Waals surface area contributed by atoms with Crippen molar-refractivity contribution in [3.05, 3.63) is 45.9 Å². The standard InChI is InChI=1S/C11H12N2OS/c12-6-10-7-13-11(15-10)5-8-1-3-9(14)4-2-8/h1-4,7,14H,5-6,12H2. The zero-order chi connectivity index (χ0) is 10.7. The van der Waals surface area contributed by atoms with Crippen molar-refractivity contribution in [2.45, 2.75) is 13.0 Å². The predicted molar refractivity (Wildman–Crippen MR) is 60.9 cm³/mol. The summed E-state index contributed by atoms with van der Waals surface area (Å²) in [6, 6.07) is 7.18. The summed E-state index contributed by atoms with van der Waals surface area (Å²) < 4.78 is 0. The zero-order valence-electron chi connectivity index (χ0n) is 8.18. The molecule has 0 saturated carbocycles. The Bertz CT molecular complexity index is 436. The van der Waals surface area contributed by atoms with Gasteiger partial charge in [0.15, 0.2) is 0 Å². The van der Waals surface area contributed by atoms with E-state index in [-0.39, 0.29) is 0 Å². The van der Waals surface area contributed by atoms with Gasteiger partial charge in [0.25, 0.3) is 0 Å². The molecule has 0 fully saturated rings. The van der Waals surface area contributed by atoms with Crippen LogP contribution >= 0.6 is 11.3 Å². The molecule has 0 spiro atoms. The van der Waals surface area contributed by atoms with E-state index in [4.69, 9.17) is 10.8 Å². The van der Waals surface area contributed by atoms with E-state index in [1.807, 2.05) is 18.3 Å². The molecule has 78 valence electrons. The quantitative estimate of drug-likeness (QED) is 0.830. The summed E-state index contributed by atoms with van der Waals surface area (Å²) in [7, 11) is 0. The van der Waals surface area contributed by atoms with E-state index in [9.17, 15) is 0 Å². The number of nitrogens with zero attached hydrogens (tertiary/aromatic N) is 1. The highest BCUT2D eigenvalue weighted by Gasteiger charge is 2.02. The average Bonchev–Trinajstić information content (AvgIpc) is 2.69. The summed E-state index contributed by atoms with van der Waals surface area (Å²) >= 11 is 1.63. The summed E-state index contributed by atoms with van der Waals surface area (Å²) in [4.78, 5) is 5.38. The van der Waals surface area contributed by atoms with Gasteiger partial charge in [0.1, 0.15) is 5.75 Å².